The lowest BCUT2D eigenvalue weighted by molar-refractivity contribution is -0.384. The molecule has 2 heterocycles. The molecule has 2 unspecified atom stereocenters. The minimum absolute atomic E-state index is 0. The van der Waals surface area contributed by atoms with E-state index in [1.807, 2.05) is 0 Å². The van der Waals surface area contributed by atoms with Gasteiger partial charge in [0.2, 0.25) is 0 Å². The van der Waals surface area contributed by atoms with Gasteiger partial charge in [-0.3, -0.25) is 15.0 Å². The molecule has 1 aromatic rings. The average molecular weight is 547 g/mol. The maximum absolute atomic E-state index is 10.8. The van der Waals surface area contributed by atoms with Crippen LogP contribution in [0, 0.1) is 10.1 Å². The minimum Gasteiger partial charge on any atom is -0.379 e. The fraction of sp³-hybridized carbons (Fsp3) is 0.667. The average Bonchev–Trinajstić information content (AvgIpc) is 2.80. The Morgan fingerprint density at radius 2 is 1.97 bits per heavy atom. The number of rotatable bonds is 8. The van der Waals surface area contributed by atoms with E-state index in [-0.39, 0.29) is 35.8 Å². The monoisotopic (exact) mass is 547 g/mol. The number of halogens is 1. The molecular formula is C21H34IN5O4. The number of nitro benzene ring substituents is 1. The Hall–Kier alpha value is -1.50. The van der Waals surface area contributed by atoms with E-state index in [4.69, 9.17) is 14.5 Å². The lowest BCUT2D eigenvalue weighted by Gasteiger charge is -2.32. The standard InChI is InChI=1S/C21H33N5O4.HI/c1-17(25-9-12-29-13-10-25)14-22-21(24-16-20-4-2-3-11-30-20)23-15-18-5-7-19(8-6-18)26(27)28;/h5-8,17,20H,2-4,9-16H2,1H3,(H2,22,23,24);1H. The Labute approximate surface area is 201 Å². The van der Waals surface area contributed by atoms with Crippen molar-refractivity contribution in [1.29, 1.82) is 0 Å². The molecule has 3 rings (SSSR count). The zero-order valence-corrected chi connectivity index (χ0v) is 20.5. The quantitative estimate of drug-likeness (QED) is 0.170. The van der Waals surface area contributed by atoms with E-state index in [2.05, 4.69) is 22.5 Å². The topological polar surface area (TPSA) is 101 Å². The van der Waals surface area contributed by atoms with E-state index in [9.17, 15) is 10.1 Å². The van der Waals surface area contributed by atoms with Gasteiger partial charge in [-0.15, -0.1) is 24.0 Å². The van der Waals surface area contributed by atoms with Crippen LogP contribution in [0.2, 0.25) is 0 Å². The number of aliphatic imine (C=N–C) groups is 1. The van der Waals surface area contributed by atoms with Crippen LogP contribution in [0.3, 0.4) is 0 Å². The molecule has 2 aliphatic heterocycles. The molecule has 9 nitrogen and oxygen atoms in total. The number of nitrogens with zero attached hydrogens (tertiary/aromatic N) is 3. The SMILES string of the molecule is CC(CNC(=NCc1ccc([N+](=O)[O-])cc1)NCC1CCCCO1)N1CCOCC1.I. The number of guanidine groups is 1. The summed E-state index contributed by atoms with van der Waals surface area (Å²) >= 11 is 0. The summed E-state index contributed by atoms with van der Waals surface area (Å²) < 4.78 is 11.3. The van der Waals surface area contributed by atoms with Gasteiger partial charge in [-0.05, 0) is 31.7 Å². The highest BCUT2D eigenvalue weighted by Crippen LogP contribution is 2.13. The molecule has 0 saturated carbocycles. The Balaban J connectivity index is 0.00000341. The molecule has 2 aliphatic rings. The number of benzene rings is 1. The van der Waals surface area contributed by atoms with Crippen molar-refractivity contribution < 1.29 is 14.4 Å². The van der Waals surface area contributed by atoms with Crippen molar-refractivity contribution in [2.75, 3.05) is 46.0 Å². The summed E-state index contributed by atoms with van der Waals surface area (Å²) in [6.07, 6.45) is 3.60. The molecule has 174 valence electrons. The van der Waals surface area contributed by atoms with E-state index >= 15 is 0 Å². The maximum Gasteiger partial charge on any atom is 0.269 e. The number of ether oxygens (including phenoxy) is 2. The Morgan fingerprint density at radius 1 is 1.23 bits per heavy atom. The first-order valence-corrected chi connectivity index (χ1v) is 10.8. The molecule has 0 amide bonds. The number of morpholine rings is 1. The van der Waals surface area contributed by atoms with Crippen molar-refractivity contribution in [3.8, 4) is 0 Å². The van der Waals surface area contributed by atoms with E-state index in [1.165, 1.54) is 18.6 Å². The van der Waals surface area contributed by atoms with Crippen molar-refractivity contribution in [3.05, 3.63) is 39.9 Å². The smallest absolute Gasteiger partial charge is 0.269 e. The summed E-state index contributed by atoms with van der Waals surface area (Å²) in [5.74, 6) is 0.739. The molecule has 2 fully saturated rings. The molecule has 2 atom stereocenters. The zero-order chi connectivity index (χ0) is 21.2. The lowest BCUT2D eigenvalue weighted by atomic mass is 10.1. The third-order valence-electron chi connectivity index (χ3n) is 5.57. The second kappa shape index (κ2) is 13.8. The van der Waals surface area contributed by atoms with Gasteiger partial charge in [-0.1, -0.05) is 12.1 Å². The molecule has 10 heteroatoms. The fourth-order valence-corrected chi connectivity index (χ4v) is 3.64. The third-order valence-corrected chi connectivity index (χ3v) is 5.57. The van der Waals surface area contributed by atoms with E-state index in [1.54, 1.807) is 12.1 Å². The molecular weight excluding hydrogens is 513 g/mol. The minimum atomic E-state index is -0.390. The van der Waals surface area contributed by atoms with Gasteiger partial charge in [0.05, 0.1) is 30.8 Å². The summed E-state index contributed by atoms with van der Waals surface area (Å²) in [6.45, 7) is 8.42. The Kier molecular flexibility index (Phi) is 11.5. The van der Waals surface area contributed by atoms with Gasteiger partial charge in [0.25, 0.3) is 5.69 Å². The molecule has 2 saturated heterocycles. The lowest BCUT2D eigenvalue weighted by Crippen LogP contribution is -2.50. The van der Waals surface area contributed by atoms with Gasteiger partial charge in [-0.2, -0.15) is 0 Å². The summed E-state index contributed by atoms with van der Waals surface area (Å²) in [5, 5.41) is 17.7. The molecule has 1 aromatic carbocycles. The molecule has 0 bridgehead atoms. The highest BCUT2D eigenvalue weighted by atomic mass is 127. The summed E-state index contributed by atoms with van der Waals surface area (Å²) in [7, 11) is 0. The molecule has 0 spiro atoms. The third kappa shape index (κ3) is 8.87. The van der Waals surface area contributed by atoms with E-state index in [0.717, 1.165) is 70.4 Å². The highest BCUT2D eigenvalue weighted by molar-refractivity contribution is 14.0. The van der Waals surface area contributed by atoms with Gasteiger partial charge in [0.1, 0.15) is 0 Å². The number of nitro groups is 1. The molecule has 0 aromatic heterocycles. The first kappa shape index (κ1) is 25.8. The van der Waals surface area contributed by atoms with Crippen LogP contribution in [0.15, 0.2) is 29.3 Å². The highest BCUT2D eigenvalue weighted by Gasteiger charge is 2.18. The van der Waals surface area contributed by atoms with Crippen molar-refractivity contribution in [2.45, 2.75) is 44.9 Å². The van der Waals surface area contributed by atoms with Gasteiger partial charge in [0, 0.05) is 51.0 Å². The van der Waals surface area contributed by atoms with Gasteiger partial charge < -0.3 is 20.1 Å². The van der Waals surface area contributed by atoms with Crippen LogP contribution >= 0.6 is 24.0 Å². The number of nitrogens with one attached hydrogen (secondary N) is 2. The number of non-ortho nitro benzene ring substituents is 1. The second-order valence-corrected chi connectivity index (χ2v) is 7.84. The van der Waals surface area contributed by atoms with Crippen LogP contribution in [0.4, 0.5) is 5.69 Å². The van der Waals surface area contributed by atoms with Crippen LogP contribution in [0.5, 0.6) is 0 Å². The molecule has 0 aliphatic carbocycles. The van der Waals surface area contributed by atoms with Crippen molar-refractivity contribution in [2.24, 2.45) is 4.99 Å². The fourth-order valence-electron chi connectivity index (χ4n) is 3.64. The predicted octanol–water partition coefficient (Wildman–Crippen LogP) is 2.54. The number of hydrogen-bond acceptors (Lipinski definition) is 6. The summed E-state index contributed by atoms with van der Waals surface area (Å²) in [5.41, 5.74) is 1.02. The Morgan fingerprint density at radius 3 is 2.61 bits per heavy atom. The maximum atomic E-state index is 10.8. The van der Waals surface area contributed by atoms with Gasteiger partial charge in [-0.25, -0.2) is 4.99 Å². The Bertz CT molecular complexity index is 692. The zero-order valence-electron chi connectivity index (χ0n) is 18.1. The van der Waals surface area contributed by atoms with Crippen molar-refractivity contribution in [3.63, 3.8) is 0 Å². The number of hydrogen-bond donors (Lipinski definition) is 2. The second-order valence-electron chi connectivity index (χ2n) is 7.84. The van der Waals surface area contributed by atoms with Gasteiger partial charge in [0.15, 0.2) is 5.96 Å². The molecule has 0 radical (unpaired) electrons. The first-order chi connectivity index (χ1) is 14.6. The van der Waals surface area contributed by atoms with Crippen molar-refractivity contribution >= 4 is 35.6 Å². The van der Waals surface area contributed by atoms with E-state index < -0.39 is 4.92 Å². The van der Waals surface area contributed by atoms with Crippen LogP contribution < -0.4 is 10.6 Å². The summed E-state index contributed by atoms with van der Waals surface area (Å²) in [6, 6.07) is 6.90. The van der Waals surface area contributed by atoms with Crippen LogP contribution in [-0.4, -0.2) is 73.9 Å². The largest absolute Gasteiger partial charge is 0.379 e. The molecule has 2 N–H and O–H groups in total. The van der Waals surface area contributed by atoms with E-state index in [0.29, 0.717) is 12.6 Å². The summed E-state index contributed by atoms with van der Waals surface area (Å²) in [4.78, 5) is 17.5. The van der Waals surface area contributed by atoms with Crippen LogP contribution in [0.1, 0.15) is 31.7 Å². The van der Waals surface area contributed by atoms with Crippen molar-refractivity contribution in [1.82, 2.24) is 15.5 Å². The van der Waals surface area contributed by atoms with Crippen LogP contribution in [-0.2, 0) is 16.0 Å². The van der Waals surface area contributed by atoms with Crippen LogP contribution in [0.25, 0.3) is 0 Å². The molecule has 31 heavy (non-hydrogen) atoms. The predicted molar refractivity (Wildman–Crippen MR) is 131 cm³/mol. The normalized spacial score (nSPS) is 21.1. The van der Waals surface area contributed by atoms with Gasteiger partial charge >= 0.3 is 0 Å². The first-order valence-electron chi connectivity index (χ1n) is 10.8.